The highest BCUT2D eigenvalue weighted by molar-refractivity contribution is 5.71. The van der Waals surface area contributed by atoms with Gasteiger partial charge in [-0.2, -0.15) is 0 Å². The van der Waals surface area contributed by atoms with Crippen molar-refractivity contribution < 1.29 is 28.6 Å². The van der Waals surface area contributed by atoms with Gasteiger partial charge in [0, 0.05) is 19.3 Å². The third-order valence-corrected chi connectivity index (χ3v) is 14.3. The first kappa shape index (κ1) is 78.3. The predicted molar refractivity (Wildman–Crippen MR) is 362 cm³/mol. The van der Waals surface area contributed by atoms with E-state index in [-0.39, 0.29) is 37.5 Å². The van der Waals surface area contributed by atoms with Crippen LogP contribution in [-0.4, -0.2) is 37.2 Å². The molecule has 0 amide bonds. The first-order chi connectivity index (χ1) is 41.0. The van der Waals surface area contributed by atoms with E-state index in [0.717, 1.165) is 122 Å². The summed E-state index contributed by atoms with van der Waals surface area (Å²) in [6, 6.07) is 0. The Kier molecular flexibility index (Phi) is 65.8. The lowest BCUT2D eigenvalue weighted by molar-refractivity contribution is -0.166. The number of rotatable bonds is 61. The van der Waals surface area contributed by atoms with Crippen LogP contribution in [0.15, 0.2) is 146 Å². The monoisotopic (exact) mass is 1150 g/mol. The highest BCUT2D eigenvalue weighted by atomic mass is 16.6. The summed E-state index contributed by atoms with van der Waals surface area (Å²) in [7, 11) is 0. The van der Waals surface area contributed by atoms with Crippen LogP contribution in [0.1, 0.15) is 303 Å². The quantitative estimate of drug-likeness (QED) is 0.0261. The van der Waals surface area contributed by atoms with Crippen LogP contribution < -0.4 is 0 Å². The van der Waals surface area contributed by atoms with Crippen molar-refractivity contribution in [2.24, 2.45) is 0 Å². The Morgan fingerprint density at radius 2 is 0.494 bits per heavy atom. The van der Waals surface area contributed by atoms with Gasteiger partial charge < -0.3 is 14.2 Å². The van der Waals surface area contributed by atoms with Crippen LogP contribution in [0.4, 0.5) is 0 Å². The van der Waals surface area contributed by atoms with Crippen LogP contribution in [0.25, 0.3) is 0 Å². The van der Waals surface area contributed by atoms with Gasteiger partial charge in [0.15, 0.2) is 6.10 Å². The van der Waals surface area contributed by atoms with Gasteiger partial charge in [-0.3, -0.25) is 14.4 Å². The molecule has 0 saturated heterocycles. The highest BCUT2D eigenvalue weighted by Crippen LogP contribution is 2.16. The molecule has 0 rings (SSSR count). The van der Waals surface area contributed by atoms with Gasteiger partial charge in [0.25, 0.3) is 0 Å². The Bertz CT molecular complexity index is 1800. The molecule has 0 aromatic heterocycles. The molecule has 0 bridgehead atoms. The van der Waals surface area contributed by atoms with Crippen molar-refractivity contribution in [1.29, 1.82) is 0 Å². The molecule has 0 radical (unpaired) electrons. The molecule has 0 aromatic rings. The summed E-state index contributed by atoms with van der Waals surface area (Å²) in [5.41, 5.74) is 0. The number of hydrogen-bond acceptors (Lipinski definition) is 6. The molecule has 83 heavy (non-hydrogen) atoms. The maximum absolute atomic E-state index is 12.9. The minimum absolute atomic E-state index is 0.109. The molecule has 0 saturated carbocycles. The van der Waals surface area contributed by atoms with Crippen molar-refractivity contribution in [3.05, 3.63) is 146 Å². The number of carbonyl (C=O) groups excluding carboxylic acids is 3. The molecular weight excluding hydrogens is 1020 g/mol. The molecule has 0 spiro atoms. The third-order valence-electron chi connectivity index (χ3n) is 14.3. The van der Waals surface area contributed by atoms with Gasteiger partial charge in [-0.1, -0.05) is 301 Å². The molecule has 0 aliphatic rings. The Morgan fingerprint density at radius 1 is 0.253 bits per heavy atom. The van der Waals surface area contributed by atoms with E-state index in [4.69, 9.17) is 14.2 Å². The molecule has 6 nitrogen and oxygen atoms in total. The Hall–Kier alpha value is -4.71. The maximum Gasteiger partial charge on any atom is 0.306 e. The summed E-state index contributed by atoms with van der Waals surface area (Å²) in [6.07, 6.45) is 100. The molecule has 0 fully saturated rings. The molecule has 470 valence electrons. The minimum Gasteiger partial charge on any atom is -0.462 e. The van der Waals surface area contributed by atoms with Crippen molar-refractivity contribution in [2.45, 2.75) is 309 Å². The number of allylic oxidation sites excluding steroid dienone is 24. The van der Waals surface area contributed by atoms with Crippen LogP contribution in [0, 0.1) is 0 Å². The molecule has 0 heterocycles. The smallest absolute Gasteiger partial charge is 0.306 e. The van der Waals surface area contributed by atoms with Crippen LogP contribution in [-0.2, 0) is 28.6 Å². The Labute approximate surface area is 512 Å². The van der Waals surface area contributed by atoms with E-state index in [2.05, 4.69) is 161 Å². The van der Waals surface area contributed by atoms with Gasteiger partial charge >= 0.3 is 17.9 Å². The number of hydrogen-bond donors (Lipinski definition) is 0. The van der Waals surface area contributed by atoms with E-state index < -0.39 is 6.10 Å². The van der Waals surface area contributed by atoms with Gasteiger partial charge in [0.05, 0.1) is 0 Å². The van der Waals surface area contributed by atoms with Gasteiger partial charge in [0.1, 0.15) is 13.2 Å². The molecule has 0 N–H and O–H groups in total. The van der Waals surface area contributed by atoms with Crippen LogP contribution in [0.5, 0.6) is 0 Å². The second kappa shape index (κ2) is 69.8. The summed E-state index contributed by atoms with van der Waals surface area (Å²) >= 11 is 0. The first-order valence-electron chi connectivity index (χ1n) is 34.3. The summed E-state index contributed by atoms with van der Waals surface area (Å²) in [5, 5.41) is 0. The number of carbonyl (C=O) groups is 3. The number of unbranched alkanes of at least 4 members (excludes halogenated alkanes) is 26. The van der Waals surface area contributed by atoms with Crippen molar-refractivity contribution >= 4 is 17.9 Å². The van der Waals surface area contributed by atoms with Crippen LogP contribution in [0.2, 0.25) is 0 Å². The van der Waals surface area contributed by atoms with Crippen LogP contribution in [0.3, 0.4) is 0 Å². The molecule has 0 aromatic carbocycles. The predicted octanol–water partition coefficient (Wildman–Crippen LogP) is 23.9. The van der Waals surface area contributed by atoms with Gasteiger partial charge in [-0.05, 0) is 128 Å². The number of esters is 3. The van der Waals surface area contributed by atoms with Gasteiger partial charge in [-0.15, -0.1) is 0 Å². The zero-order chi connectivity index (χ0) is 59.9. The topological polar surface area (TPSA) is 78.9 Å². The van der Waals surface area contributed by atoms with E-state index in [1.165, 1.54) is 135 Å². The zero-order valence-corrected chi connectivity index (χ0v) is 53.9. The molecule has 6 heteroatoms. The minimum atomic E-state index is -0.821. The lowest BCUT2D eigenvalue weighted by Gasteiger charge is -2.18. The lowest BCUT2D eigenvalue weighted by atomic mass is 10.0. The average Bonchev–Trinajstić information content (AvgIpc) is 3.49. The van der Waals surface area contributed by atoms with E-state index in [1.807, 2.05) is 6.08 Å². The van der Waals surface area contributed by atoms with E-state index in [1.54, 1.807) is 0 Å². The van der Waals surface area contributed by atoms with E-state index in [0.29, 0.717) is 19.3 Å². The summed E-state index contributed by atoms with van der Waals surface area (Å²) in [6.45, 7) is 6.34. The molecule has 1 atom stereocenters. The van der Waals surface area contributed by atoms with E-state index >= 15 is 0 Å². The van der Waals surface area contributed by atoms with Crippen molar-refractivity contribution in [1.82, 2.24) is 0 Å². The highest BCUT2D eigenvalue weighted by Gasteiger charge is 2.19. The fourth-order valence-electron chi connectivity index (χ4n) is 9.26. The lowest BCUT2D eigenvalue weighted by Crippen LogP contribution is -2.30. The molecular formula is C77H126O6. The van der Waals surface area contributed by atoms with Crippen molar-refractivity contribution in [3.8, 4) is 0 Å². The van der Waals surface area contributed by atoms with Crippen LogP contribution >= 0.6 is 0 Å². The summed E-state index contributed by atoms with van der Waals surface area (Å²) in [4.78, 5) is 38.3. The number of ether oxygens (including phenoxy) is 3. The Morgan fingerprint density at radius 3 is 0.807 bits per heavy atom. The van der Waals surface area contributed by atoms with Crippen molar-refractivity contribution in [3.63, 3.8) is 0 Å². The third kappa shape index (κ3) is 68.0. The Balaban J connectivity index is 4.34. The fraction of sp³-hybridized carbons (Fsp3) is 0.649. The first-order valence-corrected chi connectivity index (χ1v) is 34.3. The second-order valence-corrected chi connectivity index (χ2v) is 22.3. The summed E-state index contributed by atoms with van der Waals surface area (Å²) in [5.74, 6) is -1.00. The zero-order valence-electron chi connectivity index (χ0n) is 53.9. The molecule has 0 aliphatic heterocycles. The van der Waals surface area contributed by atoms with Gasteiger partial charge in [0.2, 0.25) is 0 Å². The second-order valence-electron chi connectivity index (χ2n) is 22.3. The largest absolute Gasteiger partial charge is 0.462 e. The normalized spacial score (nSPS) is 13.0. The fourth-order valence-corrected chi connectivity index (χ4v) is 9.26. The SMILES string of the molecule is CC/C=C\C/C=C\C/C=C\C/C=C\C/C=C\CCCCCCCCCC(=O)OC(COC(=O)CC/C=C\C/C=C\C/C=C\C/C=C\CC)COC(=O)CCCCCCCCCCCCCCCC/C=C\C/C=C\C/C=C\CCCCCCC. The maximum atomic E-state index is 12.9. The average molecular weight is 1150 g/mol. The van der Waals surface area contributed by atoms with Crippen molar-refractivity contribution in [2.75, 3.05) is 13.2 Å². The van der Waals surface area contributed by atoms with E-state index in [9.17, 15) is 14.4 Å². The molecule has 0 aliphatic carbocycles. The summed E-state index contributed by atoms with van der Waals surface area (Å²) < 4.78 is 16.9. The van der Waals surface area contributed by atoms with Gasteiger partial charge in [-0.25, -0.2) is 0 Å². The standard InChI is InChI=1S/C77H126O6/c1-4-7-10-13-16-19-22-25-27-29-31-33-35-36-37-38-39-40-42-43-45-47-49-52-55-58-61-64-67-70-76(79)82-73-74(72-81-75(78)69-66-63-60-57-54-51-24-21-18-15-12-9-6-3)83-77(80)71-68-65-62-59-56-53-50-48-46-44-41-34-32-30-28-26-23-20-17-14-11-8-5-2/h8-9,11-12,17-18,20-22,25-26,28-29,31-32,34-36,44,46,51,54,60,63,74H,4-7,10,13-16,19,23-24,27,30,33,37-43,45,47-50,52-53,55-59,61-62,64-73H2,1-3H3/b11-8-,12-9-,20-17-,21-18-,25-22-,28-26-,31-29-,34-32-,36-35-,46-44-,54-51-,63-60-. The molecule has 1 unspecified atom stereocenters.